The minimum Gasteiger partial charge on any atom is -0.381 e. The topological polar surface area (TPSA) is 87.7 Å². The fraction of sp³-hybridized carbons (Fsp3) is 0.667. The fourth-order valence-electron chi connectivity index (χ4n) is 6.42. The average molecular weight is 468 g/mol. The first-order valence-electron chi connectivity index (χ1n) is 13.1. The maximum absolute atomic E-state index is 13.0. The highest BCUT2D eigenvalue weighted by Crippen LogP contribution is 2.32. The molecule has 0 radical (unpaired) electrons. The molecule has 2 unspecified atom stereocenters. The first kappa shape index (κ1) is 23.5. The molecule has 0 aromatic heterocycles. The molecule has 1 aromatic rings. The van der Waals surface area contributed by atoms with E-state index in [1.807, 2.05) is 6.07 Å². The Labute approximate surface area is 202 Å². The van der Waals surface area contributed by atoms with Gasteiger partial charge >= 0.3 is 0 Å². The van der Waals surface area contributed by atoms with E-state index in [4.69, 9.17) is 4.74 Å². The predicted molar refractivity (Wildman–Crippen MR) is 128 cm³/mol. The maximum Gasteiger partial charge on any atom is 0.255 e. The van der Waals surface area contributed by atoms with Crippen molar-refractivity contribution in [1.29, 1.82) is 0 Å². The van der Waals surface area contributed by atoms with Gasteiger partial charge in [0.25, 0.3) is 5.91 Å². The van der Waals surface area contributed by atoms with Crippen LogP contribution in [0, 0.1) is 11.8 Å². The van der Waals surface area contributed by atoms with Crippen molar-refractivity contribution >= 4 is 17.7 Å². The van der Waals surface area contributed by atoms with Gasteiger partial charge in [-0.2, -0.15) is 0 Å². The molecule has 1 saturated carbocycles. The summed E-state index contributed by atoms with van der Waals surface area (Å²) in [4.78, 5) is 38.4. The van der Waals surface area contributed by atoms with Gasteiger partial charge in [-0.25, -0.2) is 0 Å². The molecule has 3 aliphatic heterocycles. The highest BCUT2D eigenvalue weighted by atomic mass is 16.5. The SMILES string of the molecule is CC(N[C@H]1CCCC[C@@H]1Cc1ccc2c(c1)CN(C1CCC(=O)NC1=O)C2=O)C1CCOCC1. The Morgan fingerprint density at radius 2 is 1.88 bits per heavy atom. The molecule has 7 heteroatoms. The number of nitrogens with one attached hydrogen (secondary N) is 2. The van der Waals surface area contributed by atoms with E-state index in [0.717, 1.165) is 38.0 Å². The van der Waals surface area contributed by atoms with Crippen LogP contribution in [-0.4, -0.2) is 54.0 Å². The van der Waals surface area contributed by atoms with Crippen LogP contribution in [0.3, 0.4) is 0 Å². The van der Waals surface area contributed by atoms with E-state index in [-0.39, 0.29) is 24.1 Å². The van der Waals surface area contributed by atoms with Crippen LogP contribution in [0.25, 0.3) is 0 Å². The molecule has 184 valence electrons. The van der Waals surface area contributed by atoms with E-state index < -0.39 is 6.04 Å². The van der Waals surface area contributed by atoms with Crippen LogP contribution in [0.5, 0.6) is 0 Å². The summed E-state index contributed by atoms with van der Waals surface area (Å²) >= 11 is 0. The molecule has 34 heavy (non-hydrogen) atoms. The molecule has 3 fully saturated rings. The molecule has 3 heterocycles. The summed E-state index contributed by atoms with van der Waals surface area (Å²) < 4.78 is 5.55. The summed E-state index contributed by atoms with van der Waals surface area (Å²) in [5.74, 6) is 0.582. The van der Waals surface area contributed by atoms with E-state index in [0.29, 0.717) is 42.4 Å². The first-order chi connectivity index (χ1) is 16.5. The summed E-state index contributed by atoms with van der Waals surface area (Å²) in [7, 11) is 0. The third-order valence-corrected chi connectivity index (χ3v) is 8.44. The standard InChI is InChI=1S/C27H37N3O4/c1-17(19-10-12-34-13-11-19)28-23-5-3-2-4-20(23)14-18-6-7-22-21(15-18)16-30(27(22)33)24-8-9-25(31)29-26(24)32/h6-7,15,17,19-20,23-24,28H,2-5,8-14,16H2,1H3,(H,29,31,32)/t17?,20-,23+,24?/m1/s1. The molecule has 0 spiro atoms. The lowest BCUT2D eigenvalue weighted by atomic mass is 9.79. The van der Waals surface area contributed by atoms with Gasteiger partial charge in [-0.15, -0.1) is 0 Å². The number of piperidine rings is 1. The van der Waals surface area contributed by atoms with E-state index in [1.165, 1.54) is 31.2 Å². The van der Waals surface area contributed by atoms with Gasteiger partial charge in [0.05, 0.1) is 0 Å². The Kier molecular flexibility index (Phi) is 7.02. The summed E-state index contributed by atoms with van der Waals surface area (Å²) in [6.07, 6.45) is 9.01. The van der Waals surface area contributed by atoms with Crippen LogP contribution >= 0.6 is 0 Å². The van der Waals surface area contributed by atoms with Crippen molar-refractivity contribution in [3.05, 3.63) is 34.9 Å². The fourth-order valence-corrected chi connectivity index (χ4v) is 6.42. The molecule has 1 aliphatic carbocycles. The van der Waals surface area contributed by atoms with Crippen molar-refractivity contribution in [2.24, 2.45) is 11.8 Å². The zero-order valence-corrected chi connectivity index (χ0v) is 20.2. The van der Waals surface area contributed by atoms with Gasteiger partial charge in [0, 0.05) is 43.8 Å². The van der Waals surface area contributed by atoms with Gasteiger partial charge in [0.1, 0.15) is 6.04 Å². The number of fused-ring (bicyclic) bond motifs is 1. The molecule has 2 saturated heterocycles. The van der Waals surface area contributed by atoms with E-state index in [9.17, 15) is 14.4 Å². The maximum atomic E-state index is 13.0. The Hall–Kier alpha value is -2.25. The minimum absolute atomic E-state index is 0.0986. The number of imide groups is 1. The molecule has 4 atom stereocenters. The Bertz CT molecular complexity index is 942. The van der Waals surface area contributed by atoms with Crippen molar-refractivity contribution in [1.82, 2.24) is 15.5 Å². The number of rotatable bonds is 6. The second-order valence-electron chi connectivity index (χ2n) is 10.7. The number of benzene rings is 1. The van der Waals surface area contributed by atoms with Crippen LogP contribution in [-0.2, 0) is 27.3 Å². The van der Waals surface area contributed by atoms with Crippen LogP contribution < -0.4 is 10.6 Å². The number of carbonyl (C=O) groups excluding carboxylic acids is 3. The second kappa shape index (κ2) is 10.2. The quantitative estimate of drug-likeness (QED) is 0.628. The lowest BCUT2D eigenvalue weighted by Crippen LogP contribution is -2.52. The van der Waals surface area contributed by atoms with Gasteiger partial charge < -0.3 is 15.0 Å². The highest BCUT2D eigenvalue weighted by molar-refractivity contribution is 6.05. The molecule has 1 aromatic carbocycles. The number of ether oxygens (including phenoxy) is 1. The zero-order chi connectivity index (χ0) is 23.7. The normalized spacial score (nSPS) is 29.1. The van der Waals surface area contributed by atoms with Crippen molar-refractivity contribution in [3.8, 4) is 0 Å². The van der Waals surface area contributed by atoms with Gasteiger partial charge in [0.15, 0.2) is 0 Å². The molecule has 7 nitrogen and oxygen atoms in total. The number of nitrogens with zero attached hydrogens (tertiary/aromatic N) is 1. The Balaban J connectivity index is 1.24. The lowest BCUT2D eigenvalue weighted by Gasteiger charge is -2.38. The Morgan fingerprint density at radius 1 is 1.09 bits per heavy atom. The van der Waals surface area contributed by atoms with E-state index in [1.54, 1.807) is 4.90 Å². The van der Waals surface area contributed by atoms with Gasteiger partial charge in [0.2, 0.25) is 11.8 Å². The van der Waals surface area contributed by atoms with E-state index >= 15 is 0 Å². The smallest absolute Gasteiger partial charge is 0.255 e. The number of carbonyl (C=O) groups is 3. The molecule has 2 N–H and O–H groups in total. The summed E-state index contributed by atoms with van der Waals surface area (Å²) in [6.45, 7) is 4.55. The average Bonchev–Trinajstić information content (AvgIpc) is 3.16. The van der Waals surface area contributed by atoms with Crippen LogP contribution in [0.4, 0.5) is 0 Å². The molecule has 5 rings (SSSR count). The molecule has 3 amide bonds. The second-order valence-corrected chi connectivity index (χ2v) is 10.7. The van der Waals surface area contributed by atoms with Gasteiger partial charge in [-0.1, -0.05) is 25.0 Å². The van der Waals surface area contributed by atoms with Crippen molar-refractivity contribution in [3.63, 3.8) is 0 Å². The first-order valence-corrected chi connectivity index (χ1v) is 13.1. The van der Waals surface area contributed by atoms with Gasteiger partial charge in [-0.3, -0.25) is 19.7 Å². The van der Waals surface area contributed by atoms with Gasteiger partial charge in [-0.05, 0) is 74.5 Å². The van der Waals surface area contributed by atoms with Crippen LogP contribution in [0.15, 0.2) is 18.2 Å². The highest BCUT2D eigenvalue weighted by Gasteiger charge is 2.39. The lowest BCUT2D eigenvalue weighted by molar-refractivity contribution is -0.136. The van der Waals surface area contributed by atoms with E-state index in [2.05, 4.69) is 29.7 Å². The zero-order valence-electron chi connectivity index (χ0n) is 20.2. The third kappa shape index (κ3) is 4.91. The van der Waals surface area contributed by atoms with Crippen molar-refractivity contribution in [2.45, 2.75) is 89.4 Å². The summed E-state index contributed by atoms with van der Waals surface area (Å²) in [5, 5.41) is 6.36. The van der Waals surface area contributed by atoms with Crippen LogP contribution in [0.2, 0.25) is 0 Å². The predicted octanol–water partition coefficient (Wildman–Crippen LogP) is 2.95. The van der Waals surface area contributed by atoms with Crippen molar-refractivity contribution in [2.75, 3.05) is 13.2 Å². The largest absolute Gasteiger partial charge is 0.381 e. The van der Waals surface area contributed by atoms with Crippen molar-refractivity contribution < 1.29 is 19.1 Å². The third-order valence-electron chi connectivity index (χ3n) is 8.44. The molecular formula is C27H37N3O4. The van der Waals surface area contributed by atoms with Crippen LogP contribution in [0.1, 0.15) is 79.8 Å². The monoisotopic (exact) mass is 467 g/mol. The minimum atomic E-state index is -0.556. The number of hydrogen-bond acceptors (Lipinski definition) is 5. The number of hydrogen-bond donors (Lipinski definition) is 2. The summed E-state index contributed by atoms with van der Waals surface area (Å²) in [6, 6.07) is 6.69. The summed E-state index contributed by atoms with van der Waals surface area (Å²) in [5.41, 5.74) is 2.97. The molecular weight excluding hydrogens is 430 g/mol. The Morgan fingerprint density at radius 3 is 2.68 bits per heavy atom. The number of amides is 3. The molecule has 4 aliphatic rings. The molecule has 0 bridgehead atoms.